The first-order chi connectivity index (χ1) is 14.7. The Labute approximate surface area is 180 Å². The number of hydrogen-bond donors (Lipinski definition) is 1. The molecule has 0 saturated heterocycles. The molecule has 3 aliphatic rings. The van der Waals surface area contributed by atoms with Gasteiger partial charge in [-0.1, -0.05) is 55.5 Å². The standard InChI is InChI=1S/C25H20N2O3S/c1-14-6-7-19-22-17(14)4-3-5-18(22)23-24(19)27-21-13-16-9-11-25(2,31(28,29)30)10-8-15(16)12-20(21)26-23/h3-5,7-14H,6H2,1-2H3,(H,28,29,30). The molecule has 31 heavy (non-hydrogen) atoms. The Morgan fingerprint density at radius 1 is 1.03 bits per heavy atom. The fourth-order valence-electron chi connectivity index (χ4n) is 4.75. The van der Waals surface area contributed by atoms with Gasteiger partial charge in [-0.15, -0.1) is 0 Å². The first-order valence-corrected chi connectivity index (χ1v) is 11.7. The molecule has 1 heterocycles. The molecule has 2 unspecified atom stereocenters. The Morgan fingerprint density at radius 2 is 1.68 bits per heavy atom. The summed E-state index contributed by atoms with van der Waals surface area (Å²) in [7, 11) is -4.28. The highest BCUT2D eigenvalue weighted by Gasteiger charge is 2.34. The van der Waals surface area contributed by atoms with Crippen LogP contribution in [0.5, 0.6) is 0 Å². The summed E-state index contributed by atoms with van der Waals surface area (Å²) < 4.78 is 31.9. The molecular formula is C25H20N2O3S. The Hall–Kier alpha value is -3.09. The van der Waals surface area contributed by atoms with E-state index in [4.69, 9.17) is 9.97 Å². The van der Waals surface area contributed by atoms with Gasteiger partial charge in [0.15, 0.2) is 0 Å². The second kappa shape index (κ2) is 5.99. The molecule has 1 aromatic heterocycles. The predicted molar refractivity (Wildman–Crippen MR) is 123 cm³/mol. The molecule has 3 aliphatic carbocycles. The van der Waals surface area contributed by atoms with Crippen molar-refractivity contribution in [2.45, 2.75) is 30.9 Å². The highest BCUT2D eigenvalue weighted by Crippen LogP contribution is 2.49. The number of aromatic nitrogens is 2. The van der Waals surface area contributed by atoms with Crippen LogP contribution in [0.25, 0.3) is 40.0 Å². The van der Waals surface area contributed by atoms with Gasteiger partial charge in [-0.25, -0.2) is 9.97 Å². The summed E-state index contributed by atoms with van der Waals surface area (Å²) in [6, 6.07) is 10.3. The summed E-state index contributed by atoms with van der Waals surface area (Å²) in [4.78, 5) is 9.97. The molecule has 2 atom stereocenters. The average Bonchev–Trinajstić information content (AvgIpc) is 2.93. The molecule has 6 rings (SSSR count). The van der Waals surface area contributed by atoms with Gasteiger partial charge >= 0.3 is 0 Å². The Kier molecular flexibility index (Phi) is 3.61. The van der Waals surface area contributed by atoms with Crippen LogP contribution in [-0.4, -0.2) is 27.7 Å². The zero-order valence-corrected chi connectivity index (χ0v) is 17.9. The third kappa shape index (κ3) is 2.55. The molecule has 0 amide bonds. The van der Waals surface area contributed by atoms with Crippen molar-refractivity contribution in [2.24, 2.45) is 0 Å². The number of allylic oxidation sites excluding steroid dienone is 1. The fraction of sp³-hybridized carbons (Fsp3) is 0.200. The maximum absolute atomic E-state index is 11.8. The van der Waals surface area contributed by atoms with Gasteiger partial charge in [0.05, 0.1) is 22.4 Å². The lowest BCUT2D eigenvalue weighted by molar-refractivity contribution is 0.466. The van der Waals surface area contributed by atoms with Crippen molar-refractivity contribution in [3.8, 4) is 11.3 Å². The minimum absolute atomic E-state index is 0.478. The van der Waals surface area contributed by atoms with Crippen molar-refractivity contribution in [1.82, 2.24) is 9.97 Å². The number of benzene rings is 2. The van der Waals surface area contributed by atoms with E-state index >= 15 is 0 Å². The van der Waals surface area contributed by atoms with Gasteiger partial charge in [0, 0.05) is 11.1 Å². The van der Waals surface area contributed by atoms with Gasteiger partial charge in [-0.05, 0) is 53.6 Å². The van der Waals surface area contributed by atoms with Crippen LogP contribution in [-0.2, 0) is 10.1 Å². The number of fused-ring (bicyclic) bond motifs is 5. The third-order valence-electron chi connectivity index (χ3n) is 6.70. The van der Waals surface area contributed by atoms with Crippen LogP contribution < -0.4 is 0 Å². The van der Waals surface area contributed by atoms with Crippen molar-refractivity contribution in [1.29, 1.82) is 0 Å². The van der Waals surface area contributed by atoms with Gasteiger partial charge in [0.1, 0.15) is 4.75 Å². The lowest BCUT2D eigenvalue weighted by Gasteiger charge is -2.20. The van der Waals surface area contributed by atoms with Gasteiger partial charge in [-0.2, -0.15) is 8.42 Å². The summed E-state index contributed by atoms with van der Waals surface area (Å²) in [5.74, 6) is 0.478. The highest BCUT2D eigenvalue weighted by molar-refractivity contribution is 7.87. The molecule has 154 valence electrons. The smallest absolute Gasteiger partial charge is 0.277 e. The van der Waals surface area contributed by atoms with E-state index in [1.165, 1.54) is 30.2 Å². The molecular weight excluding hydrogens is 408 g/mol. The van der Waals surface area contributed by atoms with Crippen molar-refractivity contribution in [3.05, 3.63) is 76.5 Å². The van der Waals surface area contributed by atoms with E-state index in [-0.39, 0.29) is 0 Å². The lowest BCUT2D eigenvalue weighted by Crippen LogP contribution is -2.29. The first kappa shape index (κ1) is 18.7. The Balaban J connectivity index is 1.57. The summed E-state index contributed by atoms with van der Waals surface area (Å²) in [6.45, 7) is 3.72. The SMILES string of the molecule is CC1CC=C2c3nc4cc5c(cc4nc3-c3cccc1c32)C=CC(C)(S(=O)(=O)O)C=C5. The largest absolute Gasteiger partial charge is 0.285 e. The maximum atomic E-state index is 11.8. The second-order valence-corrected chi connectivity index (χ2v) is 10.6. The molecule has 6 heteroatoms. The van der Waals surface area contributed by atoms with E-state index in [2.05, 4.69) is 31.2 Å². The Morgan fingerprint density at radius 3 is 2.32 bits per heavy atom. The van der Waals surface area contributed by atoms with E-state index in [1.807, 2.05) is 12.1 Å². The van der Waals surface area contributed by atoms with Crippen LogP contribution in [0.1, 0.15) is 54.1 Å². The second-order valence-electron chi connectivity index (χ2n) is 8.74. The molecule has 1 N–H and O–H groups in total. The van der Waals surface area contributed by atoms with Crippen LogP contribution >= 0.6 is 0 Å². The van der Waals surface area contributed by atoms with E-state index in [0.29, 0.717) is 5.92 Å². The van der Waals surface area contributed by atoms with E-state index in [0.717, 1.165) is 51.1 Å². The van der Waals surface area contributed by atoms with Gasteiger partial charge in [0.2, 0.25) is 0 Å². The molecule has 3 aromatic rings. The summed E-state index contributed by atoms with van der Waals surface area (Å²) in [5.41, 5.74) is 9.93. The lowest BCUT2D eigenvalue weighted by atomic mass is 9.84. The molecule has 0 saturated carbocycles. The number of rotatable bonds is 1. The van der Waals surface area contributed by atoms with E-state index in [1.54, 1.807) is 12.2 Å². The van der Waals surface area contributed by atoms with Crippen molar-refractivity contribution >= 4 is 38.9 Å². The molecule has 2 aromatic carbocycles. The van der Waals surface area contributed by atoms with Gasteiger partial charge < -0.3 is 0 Å². The molecule has 0 radical (unpaired) electrons. The number of hydrogen-bond acceptors (Lipinski definition) is 4. The van der Waals surface area contributed by atoms with Crippen LogP contribution in [0.2, 0.25) is 0 Å². The van der Waals surface area contributed by atoms with Crippen LogP contribution in [0.3, 0.4) is 0 Å². The monoisotopic (exact) mass is 428 g/mol. The summed E-state index contributed by atoms with van der Waals surface area (Å²) in [6.07, 6.45) is 9.72. The van der Waals surface area contributed by atoms with Crippen molar-refractivity contribution in [3.63, 3.8) is 0 Å². The average molecular weight is 429 g/mol. The molecule has 0 fully saturated rings. The topological polar surface area (TPSA) is 80.2 Å². The Bertz CT molecular complexity index is 1520. The molecule has 0 bridgehead atoms. The van der Waals surface area contributed by atoms with E-state index in [9.17, 15) is 13.0 Å². The quantitative estimate of drug-likeness (QED) is 0.420. The van der Waals surface area contributed by atoms with Crippen molar-refractivity contribution in [2.75, 3.05) is 0 Å². The third-order valence-corrected chi connectivity index (χ3v) is 8.08. The minimum Gasteiger partial charge on any atom is -0.285 e. The van der Waals surface area contributed by atoms with Crippen LogP contribution in [0.4, 0.5) is 0 Å². The van der Waals surface area contributed by atoms with Crippen LogP contribution in [0, 0.1) is 0 Å². The fourth-order valence-corrected chi connectivity index (χ4v) is 5.23. The van der Waals surface area contributed by atoms with Gasteiger partial charge in [-0.3, -0.25) is 4.55 Å². The summed E-state index contributed by atoms with van der Waals surface area (Å²) in [5, 5.41) is 0. The van der Waals surface area contributed by atoms with E-state index < -0.39 is 14.9 Å². The molecule has 0 spiro atoms. The van der Waals surface area contributed by atoms with Crippen LogP contribution in [0.15, 0.2) is 48.6 Å². The molecule has 5 nitrogen and oxygen atoms in total. The van der Waals surface area contributed by atoms with Gasteiger partial charge in [0.25, 0.3) is 10.1 Å². The highest BCUT2D eigenvalue weighted by atomic mass is 32.2. The predicted octanol–water partition coefficient (Wildman–Crippen LogP) is 5.24. The maximum Gasteiger partial charge on any atom is 0.277 e. The first-order valence-electron chi connectivity index (χ1n) is 10.3. The zero-order valence-electron chi connectivity index (χ0n) is 17.1. The normalized spacial score (nSPS) is 23.2. The zero-order chi connectivity index (χ0) is 21.5. The molecule has 0 aliphatic heterocycles. The number of nitrogens with zero attached hydrogens (tertiary/aromatic N) is 2. The van der Waals surface area contributed by atoms with Crippen molar-refractivity contribution < 1.29 is 13.0 Å². The summed E-state index contributed by atoms with van der Waals surface area (Å²) >= 11 is 0. The minimum atomic E-state index is -4.28.